The maximum absolute atomic E-state index is 13.4. The summed E-state index contributed by atoms with van der Waals surface area (Å²) in [7, 11) is 0. The van der Waals surface area contributed by atoms with Gasteiger partial charge in [0.15, 0.2) is 12.4 Å². The highest BCUT2D eigenvalue weighted by molar-refractivity contribution is 5.80. The van der Waals surface area contributed by atoms with Crippen LogP contribution in [0.4, 0.5) is 0 Å². The van der Waals surface area contributed by atoms with E-state index in [0.717, 1.165) is 103 Å². The van der Waals surface area contributed by atoms with Crippen molar-refractivity contribution >= 4 is 11.9 Å². The number of nitrogens with one attached hydrogen (secondary N) is 1. The van der Waals surface area contributed by atoms with Crippen LogP contribution in [-0.4, -0.2) is 99.6 Å². The normalized spacial score (nSPS) is 20.1. The molecular weight excluding hydrogens is 931 g/mol. The SMILES string of the molecule is CC/C=C/C=C/C=C/C=C\CCCCCCCC(=O)OC1C(OCC(NC(=O)C(O)CCCC/C=C\C/C=C\C/C=C\C/C=C\CCCCC)C(O)/C=C/CCCCCCCCCCCC)OC(CO)C(O)C1O. The molecule has 1 rings (SSSR count). The first-order valence-corrected chi connectivity index (χ1v) is 29.2. The number of aliphatic hydroxyl groups excluding tert-OH is 5. The molecule has 11 nitrogen and oxygen atoms in total. The van der Waals surface area contributed by atoms with Gasteiger partial charge in [0, 0.05) is 6.42 Å². The number of hydrogen-bond donors (Lipinski definition) is 6. The first-order valence-electron chi connectivity index (χ1n) is 29.2. The van der Waals surface area contributed by atoms with E-state index in [0.29, 0.717) is 12.8 Å². The van der Waals surface area contributed by atoms with Crippen LogP contribution in [-0.2, 0) is 23.8 Å². The fraction of sp³-hybridized carbons (Fsp3) is 0.683. The van der Waals surface area contributed by atoms with Gasteiger partial charge in [-0.3, -0.25) is 9.59 Å². The Hall–Kier alpha value is -3.68. The van der Waals surface area contributed by atoms with Gasteiger partial charge < -0.3 is 45.1 Å². The minimum Gasteiger partial charge on any atom is -0.454 e. The Balaban J connectivity index is 2.77. The molecule has 0 radical (unpaired) electrons. The molecule has 0 aromatic heterocycles. The minimum atomic E-state index is -1.64. The van der Waals surface area contributed by atoms with Gasteiger partial charge in [0.2, 0.25) is 5.91 Å². The predicted molar refractivity (Wildman–Crippen MR) is 305 cm³/mol. The molecule has 0 aromatic rings. The van der Waals surface area contributed by atoms with E-state index in [1.807, 2.05) is 42.5 Å². The minimum absolute atomic E-state index is 0.0871. The van der Waals surface area contributed by atoms with Crippen LogP contribution >= 0.6 is 0 Å². The summed E-state index contributed by atoms with van der Waals surface area (Å²) in [4.78, 5) is 26.5. The largest absolute Gasteiger partial charge is 0.454 e. The monoisotopic (exact) mass is 1040 g/mol. The molecule has 1 aliphatic heterocycles. The van der Waals surface area contributed by atoms with Crippen molar-refractivity contribution in [3.63, 3.8) is 0 Å². The molecule has 0 bridgehead atoms. The Morgan fingerprint density at radius 1 is 0.554 bits per heavy atom. The number of allylic oxidation sites excluding steroid dienone is 17. The Morgan fingerprint density at radius 2 is 1.03 bits per heavy atom. The first kappa shape index (κ1) is 68.3. The number of aliphatic hydroxyl groups is 5. The number of rotatable bonds is 47. The summed E-state index contributed by atoms with van der Waals surface area (Å²) in [5, 5.41) is 56.8. The highest BCUT2D eigenvalue weighted by Crippen LogP contribution is 2.26. The van der Waals surface area contributed by atoms with Gasteiger partial charge in [-0.1, -0.05) is 226 Å². The standard InChI is InChI=1S/C63H105NO10/c1-4-7-10-13-16-19-22-25-27-28-29-31-32-35-38-41-44-47-50-56(67)62(71)64-54(55(66)49-46-43-40-37-34-24-21-18-15-12-9-6-3)53-72-63-61(60(70)59(69)57(52-65)73-63)74-58(68)51-48-45-42-39-36-33-30-26-23-20-17-14-11-8-5-2/h8,11,14,16-17,19-20,23,25-27,29-31,35,38,46,49,54-57,59-61,63,65-67,69-70H,4-7,9-10,12-13,15,18,21-22,24,28,32-34,36-37,39-45,47-48,50-53H2,1-3H3,(H,64,71)/b11-8+,17-14+,19-16-,23-20+,27-25-,30-26-,31-29-,38-35-,49-46+. The molecule has 0 saturated carbocycles. The molecule has 0 spiro atoms. The molecule has 1 aliphatic rings. The lowest BCUT2D eigenvalue weighted by molar-refractivity contribution is -0.305. The first-order chi connectivity index (χ1) is 36.2. The predicted octanol–water partition coefficient (Wildman–Crippen LogP) is 13.3. The number of amides is 1. The molecule has 74 heavy (non-hydrogen) atoms. The van der Waals surface area contributed by atoms with Crippen LogP contribution in [0.3, 0.4) is 0 Å². The van der Waals surface area contributed by atoms with E-state index in [-0.39, 0.29) is 19.4 Å². The second kappa shape index (κ2) is 50.2. The van der Waals surface area contributed by atoms with Crippen molar-refractivity contribution in [1.29, 1.82) is 0 Å². The van der Waals surface area contributed by atoms with E-state index in [1.54, 1.807) is 6.08 Å². The lowest BCUT2D eigenvalue weighted by Gasteiger charge is -2.41. The molecule has 8 atom stereocenters. The second-order valence-corrected chi connectivity index (χ2v) is 19.7. The van der Waals surface area contributed by atoms with Crippen LogP contribution in [0.25, 0.3) is 0 Å². The summed E-state index contributed by atoms with van der Waals surface area (Å²) < 4.78 is 17.5. The quantitative estimate of drug-likeness (QED) is 0.0149. The van der Waals surface area contributed by atoms with Crippen LogP contribution < -0.4 is 5.32 Å². The molecule has 8 unspecified atom stereocenters. The van der Waals surface area contributed by atoms with Gasteiger partial charge in [-0.15, -0.1) is 0 Å². The molecular formula is C63H105NO10. The third kappa shape index (κ3) is 38.0. The molecule has 0 aromatic carbocycles. The summed E-state index contributed by atoms with van der Waals surface area (Å²) in [6.07, 6.45) is 56.9. The molecule has 422 valence electrons. The van der Waals surface area contributed by atoms with E-state index < -0.39 is 67.4 Å². The van der Waals surface area contributed by atoms with Crippen LogP contribution in [0.2, 0.25) is 0 Å². The van der Waals surface area contributed by atoms with Crippen molar-refractivity contribution in [3.8, 4) is 0 Å². The molecule has 0 aliphatic carbocycles. The van der Waals surface area contributed by atoms with Crippen LogP contribution in [0, 0.1) is 0 Å². The topological polar surface area (TPSA) is 175 Å². The molecule has 6 N–H and O–H groups in total. The van der Waals surface area contributed by atoms with Gasteiger partial charge in [-0.2, -0.15) is 0 Å². The number of carbonyl (C=O) groups excluding carboxylic acids is 2. The van der Waals surface area contributed by atoms with Gasteiger partial charge in [-0.05, 0) is 89.9 Å². The van der Waals surface area contributed by atoms with E-state index in [1.165, 1.54) is 64.2 Å². The van der Waals surface area contributed by atoms with Crippen molar-refractivity contribution in [1.82, 2.24) is 5.32 Å². The van der Waals surface area contributed by atoms with Crippen molar-refractivity contribution in [2.75, 3.05) is 13.2 Å². The van der Waals surface area contributed by atoms with Crippen LogP contribution in [0.1, 0.15) is 213 Å². The Labute approximate surface area is 449 Å². The third-order valence-electron chi connectivity index (χ3n) is 13.0. The highest BCUT2D eigenvalue weighted by atomic mass is 16.7. The smallest absolute Gasteiger partial charge is 0.306 e. The van der Waals surface area contributed by atoms with E-state index in [9.17, 15) is 35.1 Å². The van der Waals surface area contributed by atoms with Gasteiger partial charge in [-0.25, -0.2) is 0 Å². The fourth-order valence-electron chi connectivity index (χ4n) is 8.35. The van der Waals surface area contributed by atoms with Gasteiger partial charge in [0.05, 0.1) is 25.4 Å². The Kier molecular flexibility index (Phi) is 46.3. The zero-order chi connectivity index (χ0) is 54.0. The van der Waals surface area contributed by atoms with Crippen molar-refractivity contribution < 1.29 is 49.3 Å². The van der Waals surface area contributed by atoms with Crippen LogP contribution in [0.5, 0.6) is 0 Å². The number of unbranched alkanes of at least 4 members (excludes halogenated alkanes) is 20. The van der Waals surface area contributed by atoms with Crippen molar-refractivity contribution in [2.24, 2.45) is 0 Å². The average molecular weight is 1040 g/mol. The maximum Gasteiger partial charge on any atom is 0.306 e. The Morgan fingerprint density at radius 3 is 1.61 bits per heavy atom. The average Bonchev–Trinajstić information content (AvgIpc) is 3.40. The molecule has 1 heterocycles. The zero-order valence-electron chi connectivity index (χ0n) is 46.4. The third-order valence-corrected chi connectivity index (χ3v) is 13.0. The molecule has 1 amide bonds. The molecule has 1 saturated heterocycles. The van der Waals surface area contributed by atoms with E-state index in [2.05, 4.69) is 86.8 Å². The van der Waals surface area contributed by atoms with Gasteiger partial charge >= 0.3 is 5.97 Å². The molecule has 1 fully saturated rings. The van der Waals surface area contributed by atoms with Crippen LogP contribution in [0.15, 0.2) is 109 Å². The fourth-order valence-corrected chi connectivity index (χ4v) is 8.35. The number of esters is 1. The van der Waals surface area contributed by atoms with E-state index in [4.69, 9.17) is 14.2 Å². The lowest BCUT2D eigenvalue weighted by Crippen LogP contribution is -2.61. The summed E-state index contributed by atoms with van der Waals surface area (Å²) in [5.41, 5.74) is 0. The summed E-state index contributed by atoms with van der Waals surface area (Å²) in [5.74, 6) is -1.26. The summed E-state index contributed by atoms with van der Waals surface area (Å²) in [6.45, 7) is 5.56. The lowest BCUT2D eigenvalue weighted by atomic mass is 9.99. The van der Waals surface area contributed by atoms with Crippen molar-refractivity contribution in [3.05, 3.63) is 109 Å². The number of hydrogen-bond acceptors (Lipinski definition) is 10. The van der Waals surface area contributed by atoms with E-state index >= 15 is 0 Å². The maximum atomic E-state index is 13.4. The second-order valence-electron chi connectivity index (χ2n) is 19.7. The summed E-state index contributed by atoms with van der Waals surface area (Å²) in [6, 6.07) is -1.05. The number of carbonyl (C=O) groups is 2. The molecule has 11 heteroatoms. The number of ether oxygens (including phenoxy) is 3. The van der Waals surface area contributed by atoms with Gasteiger partial charge in [0.1, 0.15) is 24.4 Å². The zero-order valence-corrected chi connectivity index (χ0v) is 46.4. The van der Waals surface area contributed by atoms with Gasteiger partial charge in [0.25, 0.3) is 0 Å². The Bertz CT molecular complexity index is 1610. The highest BCUT2D eigenvalue weighted by Gasteiger charge is 2.47. The summed E-state index contributed by atoms with van der Waals surface area (Å²) >= 11 is 0. The van der Waals surface area contributed by atoms with Crippen molar-refractivity contribution in [2.45, 2.75) is 262 Å².